The highest BCUT2D eigenvalue weighted by atomic mass is 32.1. The van der Waals surface area contributed by atoms with Crippen LogP contribution >= 0.6 is 12.2 Å². The number of benzene rings is 1. The Kier molecular flexibility index (Phi) is 11.4. The van der Waals surface area contributed by atoms with Crippen LogP contribution in [-0.4, -0.2) is 75.2 Å². The molecule has 2 rings (SSSR count). The highest BCUT2D eigenvalue weighted by Gasteiger charge is 2.22. The van der Waals surface area contributed by atoms with Crippen molar-refractivity contribution in [2.24, 2.45) is 10.3 Å². The van der Waals surface area contributed by atoms with Gasteiger partial charge >= 0.3 is 11.9 Å². The van der Waals surface area contributed by atoms with Crippen LogP contribution in [0.4, 0.5) is 10.1 Å². The van der Waals surface area contributed by atoms with Crippen molar-refractivity contribution in [1.29, 1.82) is 0 Å². The molecular formula is C22H30FN5O6S. The number of thiocarbonyl (C=S) groups is 1. The second-order valence-electron chi connectivity index (χ2n) is 8.13. The van der Waals surface area contributed by atoms with Gasteiger partial charge < -0.3 is 15.5 Å². The number of rotatable bonds is 15. The number of alkyl halides is 1. The van der Waals surface area contributed by atoms with Gasteiger partial charge in [0.25, 0.3) is 0 Å². The second kappa shape index (κ2) is 14.3. The monoisotopic (exact) mass is 511 g/mol. The van der Waals surface area contributed by atoms with Gasteiger partial charge in [0.05, 0.1) is 36.5 Å². The minimum Gasteiger partial charge on any atom is -0.481 e. The number of carboxylic acids is 2. The predicted octanol–water partition coefficient (Wildman–Crippen LogP) is 2.77. The molecule has 4 N–H and O–H groups in total. The van der Waals surface area contributed by atoms with Crippen LogP contribution < -0.4 is 10.3 Å². The lowest BCUT2D eigenvalue weighted by Gasteiger charge is -2.19. The fourth-order valence-corrected chi connectivity index (χ4v) is 3.69. The van der Waals surface area contributed by atoms with E-state index in [1.54, 1.807) is 5.01 Å². The number of aryl methyl sites for hydroxylation is 1. The standard InChI is InChI=1S/C22H30FN5O6S/c23-12-2-4-16-13-27(26-25-16)17-8-6-15(7-9-17)3-1-5-20(29)28(34)14-19(35)24-18(22(32)33)10-11-21(30)31/h6-9,16,18,34H,1-5,10-14H2,(H,24,35)(H,30,31)(H,32,33). The van der Waals surface area contributed by atoms with E-state index < -0.39 is 30.4 Å². The molecule has 0 spiro atoms. The van der Waals surface area contributed by atoms with Crippen LogP contribution in [0.15, 0.2) is 34.6 Å². The Bertz CT molecular complexity index is 916. The average Bonchev–Trinajstić information content (AvgIpc) is 3.29. The Balaban J connectivity index is 1.72. The number of anilines is 1. The van der Waals surface area contributed by atoms with Gasteiger partial charge in [-0.05, 0) is 49.8 Å². The summed E-state index contributed by atoms with van der Waals surface area (Å²) in [5, 5.41) is 40.7. The first-order chi connectivity index (χ1) is 16.7. The molecule has 0 fully saturated rings. The van der Waals surface area contributed by atoms with E-state index in [0.717, 1.165) is 11.3 Å². The van der Waals surface area contributed by atoms with Gasteiger partial charge in [-0.3, -0.25) is 19.2 Å². The third kappa shape index (κ3) is 9.91. The SMILES string of the molecule is O=C(O)CCC(NC(=S)CN(O)C(=O)CCCc1ccc(N2CC(CCCF)N=N2)cc1)C(=O)O. The van der Waals surface area contributed by atoms with Gasteiger partial charge in [0, 0.05) is 12.8 Å². The van der Waals surface area contributed by atoms with Gasteiger partial charge in [-0.1, -0.05) is 29.6 Å². The van der Waals surface area contributed by atoms with E-state index in [0.29, 0.717) is 37.3 Å². The average molecular weight is 512 g/mol. The molecule has 1 aliphatic rings. The Hall–Kier alpha value is -3.19. The summed E-state index contributed by atoms with van der Waals surface area (Å²) in [5.74, 6) is -2.99. The van der Waals surface area contributed by atoms with Crippen LogP contribution in [0.25, 0.3) is 0 Å². The summed E-state index contributed by atoms with van der Waals surface area (Å²) < 4.78 is 12.3. The van der Waals surface area contributed by atoms with E-state index in [9.17, 15) is 24.0 Å². The Morgan fingerprint density at radius 1 is 1.20 bits per heavy atom. The van der Waals surface area contributed by atoms with Crippen molar-refractivity contribution in [2.75, 3.05) is 24.8 Å². The second-order valence-corrected chi connectivity index (χ2v) is 8.63. The fraction of sp³-hybridized carbons (Fsp3) is 0.545. The van der Waals surface area contributed by atoms with Gasteiger partial charge in [-0.2, -0.15) is 5.11 Å². The molecule has 0 bridgehead atoms. The summed E-state index contributed by atoms with van der Waals surface area (Å²) >= 11 is 4.99. The summed E-state index contributed by atoms with van der Waals surface area (Å²) in [6.45, 7) is -0.138. The smallest absolute Gasteiger partial charge is 0.326 e. The van der Waals surface area contributed by atoms with E-state index in [1.165, 1.54) is 0 Å². The number of amides is 1. The topological polar surface area (TPSA) is 155 Å². The lowest BCUT2D eigenvalue weighted by Crippen LogP contribution is -2.45. The highest BCUT2D eigenvalue weighted by molar-refractivity contribution is 7.80. The first-order valence-corrected chi connectivity index (χ1v) is 11.7. The zero-order valence-corrected chi connectivity index (χ0v) is 20.0. The number of carbonyl (C=O) groups is 3. The predicted molar refractivity (Wildman–Crippen MR) is 128 cm³/mol. The first-order valence-electron chi connectivity index (χ1n) is 11.3. The quantitative estimate of drug-likeness (QED) is 0.158. The van der Waals surface area contributed by atoms with Gasteiger partial charge in [0.15, 0.2) is 0 Å². The van der Waals surface area contributed by atoms with E-state index in [-0.39, 0.29) is 37.0 Å². The molecule has 0 aromatic heterocycles. The molecule has 0 saturated carbocycles. The number of halogens is 1. The summed E-state index contributed by atoms with van der Waals surface area (Å²) in [5.41, 5.74) is 1.87. The number of nitrogens with one attached hydrogen (secondary N) is 1. The zero-order valence-electron chi connectivity index (χ0n) is 19.2. The molecule has 13 heteroatoms. The minimum absolute atomic E-state index is 0.000651. The Labute approximate surface area is 207 Å². The Morgan fingerprint density at radius 2 is 1.91 bits per heavy atom. The van der Waals surface area contributed by atoms with Gasteiger partial charge in [-0.15, -0.1) is 0 Å². The number of nitrogens with zero attached hydrogens (tertiary/aromatic N) is 4. The Morgan fingerprint density at radius 3 is 2.54 bits per heavy atom. The number of hydrogen-bond donors (Lipinski definition) is 4. The van der Waals surface area contributed by atoms with Crippen molar-refractivity contribution >= 4 is 40.7 Å². The molecule has 0 aliphatic carbocycles. The van der Waals surface area contributed by atoms with Gasteiger partial charge in [0.1, 0.15) is 6.04 Å². The fourth-order valence-electron chi connectivity index (χ4n) is 3.42. The van der Waals surface area contributed by atoms with E-state index in [1.807, 2.05) is 24.3 Å². The molecule has 0 radical (unpaired) electrons. The van der Waals surface area contributed by atoms with Gasteiger partial charge in [-0.25, -0.2) is 14.9 Å². The van der Waals surface area contributed by atoms with Crippen LogP contribution in [0.5, 0.6) is 0 Å². The number of aliphatic carboxylic acids is 2. The van der Waals surface area contributed by atoms with Crippen molar-refractivity contribution in [2.45, 2.75) is 57.0 Å². The molecule has 2 unspecified atom stereocenters. The number of hydroxylamine groups is 2. The lowest BCUT2D eigenvalue weighted by molar-refractivity contribution is -0.162. The minimum atomic E-state index is -1.28. The summed E-state index contributed by atoms with van der Waals surface area (Å²) in [4.78, 5) is 33.9. The van der Waals surface area contributed by atoms with Crippen LogP contribution in [0.1, 0.15) is 44.1 Å². The lowest BCUT2D eigenvalue weighted by atomic mass is 10.1. The van der Waals surface area contributed by atoms with Crippen molar-refractivity contribution in [1.82, 2.24) is 10.4 Å². The maximum absolute atomic E-state index is 12.3. The molecular weight excluding hydrogens is 481 g/mol. The number of carbonyl (C=O) groups excluding carboxylic acids is 1. The maximum Gasteiger partial charge on any atom is 0.326 e. The van der Waals surface area contributed by atoms with E-state index >= 15 is 0 Å². The van der Waals surface area contributed by atoms with Crippen molar-refractivity contribution < 1.29 is 34.2 Å². The van der Waals surface area contributed by atoms with Crippen LogP contribution in [0, 0.1) is 0 Å². The molecule has 11 nitrogen and oxygen atoms in total. The number of hydrogen-bond acceptors (Lipinski definition) is 8. The maximum atomic E-state index is 12.3. The third-order valence-corrected chi connectivity index (χ3v) is 5.58. The zero-order chi connectivity index (χ0) is 25.8. The molecule has 1 heterocycles. The van der Waals surface area contributed by atoms with Gasteiger partial charge in [0.2, 0.25) is 5.91 Å². The molecule has 1 aromatic carbocycles. The van der Waals surface area contributed by atoms with Crippen LogP contribution in [-0.2, 0) is 20.8 Å². The van der Waals surface area contributed by atoms with Crippen molar-refractivity contribution in [3.63, 3.8) is 0 Å². The molecule has 2 atom stereocenters. The van der Waals surface area contributed by atoms with E-state index in [4.69, 9.17) is 22.4 Å². The van der Waals surface area contributed by atoms with Crippen LogP contribution in [0.3, 0.4) is 0 Å². The molecule has 1 amide bonds. The molecule has 35 heavy (non-hydrogen) atoms. The molecule has 1 aromatic rings. The number of carboxylic acid groups (broad SMARTS) is 2. The third-order valence-electron chi connectivity index (χ3n) is 5.33. The van der Waals surface area contributed by atoms with Crippen LogP contribution in [0.2, 0.25) is 0 Å². The van der Waals surface area contributed by atoms with E-state index in [2.05, 4.69) is 15.7 Å². The summed E-state index contributed by atoms with van der Waals surface area (Å²) in [6, 6.07) is 6.42. The molecule has 1 aliphatic heterocycles. The largest absolute Gasteiger partial charge is 0.481 e. The summed E-state index contributed by atoms with van der Waals surface area (Å²) in [7, 11) is 0. The van der Waals surface area contributed by atoms with Crippen molar-refractivity contribution in [3.8, 4) is 0 Å². The highest BCUT2D eigenvalue weighted by Crippen LogP contribution is 2.23. The normalized spacial score (nSPS) is 15.6. The molecule has 192 valence electrons. The first kappa shape index (κ1) is 28.1. The summed E-state index contributed by atoms with van der Waals surface area (Å²) in [6.07, 6.45) is 1.70. The van der Waals surface area contributed by atoms with Crippen molar-refractivity contribution in [3.05, 3.63) is 29.8 Å². The molecule has 0 saturated heterocycles.